The smallest absolute Gasteiger partial charge is 0.239 e. The summed E-state index contributed by atoms with van der Waals surface area (Å²) in [5.41, 5.74) is 5.84. The molecule has 0 saturated carbocycles. The summed E-state index contributed by atoms with van der Waals surface area (Å²) in [6.07, 6.45) is 0.434. The van der Waals surface area contributed by atoms with Crippen LogP contribution in [0.2, 0.25) is 0 Å². The Bertz CT molecular complexity index is 233. The lowest BCUT2D eigenvalue weighted by Gasteiger charge is -2.33. The van der Waals surface area contributed by atoms with Crippen LogP contribution in [0.4, 0.5) is 0 Å². The molecule has 1 aliphatic heterocycles. The summed E-state index contributed by atoms with van der Waals surface area (Å²) in [5, 5.41) is 8.98. The van der Waals surface area contributed by atoms with Crippen LogP contribution in [-0.4, -0.2) is 54.4 Å². The van der Waals surface area contributed by atoms with Crippen molar-refractivity contribution in [1.82, 2.24) is 4.90 Å². The van der Waals surface area contributed by atoms with Gasteiger partial charge in [-0.25, -0.2) is 0 Å². The lowest BCUT2D eigenvalue weighted by atomic mass is 10.0. The SMILES string of the molecule is CC(C)C[C@@H](N)C(=O)N1CCOC(CO)C1. The molecule has 0 aromatic carbocycles. The van der Waals surface area contributed by atoms with Crippen LogP contribution in [0.1, 0.15) is 20.3 Å². The highest BCUT2D eigenvalue weighted by atomic mass is 16.5. The standard InChI is InChI=1S/C11H22N2O3/c1-8(2)5-10(12)11(15)13-3-4-16-9(6-13)7-14/h8-10,14H,3-7,12H2,1-2H3/t9?,10-/m1/s1. The van der Waals surface area contributed by atoms with Gasteiger partial charge in [0, 0.05) is 13.1 Å². The molecule has 0 aromatic rings. The van der Waals surface area contributed by atoms with E-state index in [1.807, 2.05) is 13.8 Å². The minimum atomic E-state index is -0.433. The molecule has 94 valence electrons. The Labute approximate surface area is 96.6 Å². The Morgan fingerprint density at radius 1 is 1.62 bits per heavy atom. The maximum atomic E-state index is 12.0. The van der Waals surface area contributed by atoms with Crippen molar-refractivity contribution in [2.75, 3.05) is 26.3 Å². The first kappa shape index (κ1) is 13.4. The molecule has 16 heavy (non-hydrogen) atoms. The number of carbonyl (C=O) groups excluding carboxylic acids is 1. The van der Waals surface area contributed by atoms with E-state index in [2.05, 4.69) is 0 Å². The van der Waals surface area contributed by atoms with E-state index in [0.717, 1.165) is 0 Å². The van der Waals surface area contributed by atoms with Crippen molar-refractivity contribution >= 4 is 5.91 Å². The lowest BCUT2D eigenvalue weighted by molar-refractivity contribution is -0.141. The van der Waals surface area contributed by atoms with Gasteiger partial charge in [0.1, 0.15) is 0 Å². The van der Waals surface area contributed by atoms with Gasteiger partial charge >= 0.3 is 0 Å². The first-order chi connectivity index (χ1) is 7.54. The zero-order valence-corrected chi connectivity index (χ0v) is 10.1. The second-order valence-corrected chi connectivity index (χ2v) is 4.70. The van der Waals surface area contributed by atoms with Crippen molar-refractivity contribution in [1.29, 1.82) is 0 Å². The van der Waals surface area contributed by atoms with Crippen molar-refractivity contribution in [2.24, 2.45) is 11.7 Å². The number of nitrogens with two attached hydrogens (primary N) is 1. The van der Waals surface area contributed by atoms with E-state index in [4.69, 9.17) is 15.6 Å². The Balaban J connectivity index is 2.46. The van der Waals surface area contributed by atoms with E-state index in [1.165, 1.54) is 0 Å². The molecule has 0 aromatic heterocycles. The van der Waals surface area contributed by atoms with E-state index >= 15 is 0 Å². The summed E-state index contributed by atoms with van der Waals surface area (Å²) in [4.78, 5) is 13.7. The average Bonchev–Trinajstić information content (AvgIpc) is 2.27. The molecule has 1 heterocycles. The molecular formula is C11H22N2O3. The highest BCUT2D eigenvalue weighted by molar-refractivity contribution is 5.81. The topological polar surface area (TPSA) is 75.8 Å². The summed E-state index contributed by atoms with van der Waals surface area (Å²) in [6, 6.07) is -0.433. The molecule has 1 rings (SSSR count). The second-order valence-electron chi connectivity index (χ2n) is 4.70. The van der Waals surface area contributed by atoms with Crippen LogP contribution in [0.15, 0.2) is 0 Å². The van der Waals surface area contributed by atoms with Gasteiger partial charge in [-0.05, 0) is 12.3 Å². The molecule has 0 aliphatic carbocycles. The molecule has 1 amide bonds. The van der Waals surface area contributed by atoms with E-state index < -0.39 is 6.04 Å². The number of aliphatic hydroxyl groups excluding tert-OH is 1. The Morgan fingerprint density at radius 3 is 2.88 bits per heavy atom. The number of hydrogen-bond acceptors (Lipinski definition) is 4. The Morgan fingerprint density at radius 2 is 2.31 bits per heavy atom. The minimum Gasteiger partial charge on any atom is -0.394 e. The van der Waals surface area contributed by atoms with Gasteiger partial charge < -0.3 is 20.5 Å². The third-order valence-electron chi connectivity index (χ3n) is 2.70. The monoisotopic (exact) mass is 230 g/mol. The second kappa shape index (κ2) is 6.18. The van der Waals surface area contributed by atoms with Crippen LogP contribution < -0.4 is 5.73 Å². The fraction of sp³-hybridized carbons (Fsp3) is 0.909. The molecule has 1 fully saturated rings. The van der Waals surface area contributed by atoms with Crippen molar-refractivity contribution < 1.29 is 14.6 Å². The minimum absolute atomic E-state index is 0.0320. The zero-order valence-electron chi connectivity index (χ0n) is 10.1. The Kier molecular flexibility index (Phi) is 5.18. The van der Waals surface area contributed by atoms with Gasteiger partial charge in [0.15, 0.2) is 0 Å². The van der Waals surface area contributed by atoms with Crippen molar-refractivity contribution in [3.05, 3.63) is 0 Å². The fourth-order valence-corrected chi connectivity index (χ4v) is 1.87. The lowest BCUT2D eigenvalue weighted by Crippen LogP contribution is -2.52. The van der Waals surface area contributed by atoms with Crippen molar-refractivity contribution in [3.63, 3.8) is 0 Å². The molecular weight excluding hydrogens is 208 g/mol. The van der Waals surface area contributed by atoms with Gasteiger partial charge in [-0.3, -0.25) is 4.79 Å². The van der Waals surface area contributed by atoms with Gasteiger partial charge in [0.05, 0.1) is 25.4 Å². The van der Waals surface area contributed by atoms with Crippen LogP contribution >= 0.6 is 0 Å². The molecule has 0 bridgehead atoms. The number of amides is 1. The van der Waals surface area contributed by atoms with Crippen LogP contribution in [0.5, 0.6) is 0 Å². The number of nitrogens with zero attached hydrogens (tertiary/aromatic N) is 1. The molecule has 0 spiro atoms. The number of morpholine rings is 1. The van der Waals surface area contributed by atoms with Gasteiger partial charge in [-0.1, -0.05) is 13.8 Å². The highest BCUT2D eigenvalue weighted by Crippen LogP contribution is 2.10. The molecule has 5 heteroatoms. The first-order valence-electron chi connectivity index (χ1n) is 5.81. The average molecular weight is 230 g/mol. The van der Waals surface area contributed by atoms with Gasteiger partial charge in [-0.15, -0.1) is 0 Å². The molecule has 1 unspecified atom stereocenters. The number of hydrogen-bond donors (Lipinski definition) is 2. The number of rotatable bonds is 4. The summed E-state index contributed by atoms with van der Waals surface area (Å²) >= 11 is 0. The van der Waals surface area contributed by atoms with Crippen LogP contribution in [0.3, 0.4) is 0 Å². The number of ether oxygens (including phenoxy) is 1. The molecule has 5 nitrogen and oxygen atoms in total. The van der Waals surface area contributed by atoms with Crippen LogP contribution in [0, 0.1) is 5.92 Å². The highest BCUT2D eigenvalue weighted by Gasteiger charge is 2.27. The third kappa shape index (κ3) is 3.73. The summed E-state index contributed by atoms with van der Waals surface area (Å²) < 4.78 is 5.28. The predicted octanol–water partition coefficient (Wildman–Crippen LogP) is -0.420. The van der Waals surface area contributed by atoms with Gasteiger partial charge in [0.25, 0.3) is 0 Å². The molecule has 1 saturated heterocycles. The van der Waals surface area contributed by atoms with E-state index in [-0.39, 0.29) is 18.6 Å². The number of carbonyl (C=O) groups is 1. The normalized spacial score (nSPS) is 23.6. The quantitative estimate of drug-likeness (QED) is 0.688. The van der Waals surface area contributed by atoms with Crippen molar-refractivity contribution in [3.8, 4) is 0 Å². The van der Waals surface area contributed by atoms with Crippen LogP contribution in [0.25, 0.3) is 0 Å². The fourth-order valence-electron chi connectivity index (χ4n) is 1.87. The molecule has 1 aliphatic rings. The van der Waals surface area contributed by atoms with E-state index in [0.29, 0.717) is 32.0 Å². The first-order valence-corrected chi connectivity index (χ1v) is 5.81. The summed E-state index contributed by atoms with van der Waals surface area (Å²) in [5.74, 6) is 0.379. The van der Waals surface area contributed by atoms with E-state index in [1.54, 1.807) is 4.90 Å². The number of aliphatic hydroxyl groups is 1. The predicted molar refractivity (Wildman–Crippen MR) is 60.8 cm³/mol. The molecule has 2 atom stereocenters. The van der Waals surface area contributed by atoms with E-state index in [9.17, 15) is 4.79 Å². The van der Waals surface area contributed by atoms with Gasteiger partial charge in [0.2, 0.25) is 5.91 Å². The maximum Gasteiger partial charge on any atom is 0.239 e. The maximum absolute atomic E-state index is 12.0. The summed E-state index contributed by atoms with van der Waals surface area (Å²) in [6.45, 7) is 5.53. The zero-order chi connectivity index (χ0) is 12.1. The Hall–Kier alpha value is -0.650. The van der Waals surface area contributed by atoms with Gasteiger partial charge in [-0.2, -0.15) is 0 Å². The molecule has 3 N–H and O–H groups in total. The third-order valence-corrected chi connectivity index (χ3v) is 2.70. The van der Waals surface area contributed by atoms with Crippen molar-refractivity contribution in [2.45, 2.75) is 32.4 Å². The summed E-state index contributed by atoms with van der Waals surface area (Å²) in [7, 11) is 0. The van der Waals surface area contributed by atoms with Crippen LogP contribution in [-0.2, 0) is 9.53 Å². The largest absolute Gasteiger partial charge is 0.394 e. The molecule has 0 radical (unpaired) electrons.